The molecule has 0 saturated carbocycles. The predicted molar refractivity (Wildman–Crippen MR) is 117 cm³/mol. The van der Waals surface area contributed by atoms with Crippen molar-refractivity contribution in [3.05, 3.63) is 22.2 Å². The molecule has 1 atom stereocenters. The first kappa shape index (κ1) is 20.2. The Morgan fingerprint density at radius 2 is 2.24 bits per heavy atom. The summed E-state index contributed by atoms with van der Waals surface area (Å²) in [5.74, 6) is 2.00. The highest BCUT2D eigenvalue weighted by Crippen LogP contribution is 2.40. The molecule has 154 valence electrons. The fourth-order valence-electron chi connectivity index (χ4n) is 3.62. The number of hydrogen-bond acceptors (Lipinski definition) is 8. The van der Waals surface area contributed by atoms with Gasteiger partial charge in [-0.25, -0.2) is 14.8 Å². The SMILES string of the molecule is CCCSc1nc(-n2ncc(C(=O)OCC)c2N)c2c3c(sc2n1)CC[C@@H](C)C3. The molecule has 0 aliphatic heterocycles. The molecule has 0 radical (unpaired) electrons. The lowest BCUT2D eigenvalue weighted by Gasteiger charge is -2.18. The van der Waals surface area contributed by atoms with E-state index in [0.717, 1.165) is 35.2 Å². The largest absolute Gasteiger partial charge is 0.462 e. The highest BCUT2D eigenvalue weighted by molar-refractivity contribution is 7.99. The molecule has 3 aromatic heterocycles. The van der Waals surface area contributed by atoms with Crippen LogP contribution in [0.4, 0.5) is 5.82 Å². The Bertz CT molecular complexity index is 1060. The van der Waals surface area contributed by atoms with E-state index in [1.54, 1.807) is 34.7 Å². The number of aromatic nitrogens is 4. The summed E-state index contributed by atoms with van der Waals surface area (Å²) >= 11 is 3.38. The van der Waals surface area contributed by atoms with Gasteiger partial charge in [0, 0.05) is 10.6 Å². The van der Waals surface area contributed by atoms with Gasteiger partial charge in [0.2, 0.25) is 0 Å². The minimum Gasteiger partial charge on any atom is -0.462 e. The van der Waals surface area contributed by atoms with Crippen molar-refractivity contribution in [1.29, 1.82) is 0 Å². The lowest BCUT2D eigenvalue weighted by molar-refractivity contribution is 0.0527. The number of nitrogens with zero attached hydrogens (tertiary/aromatic N) is 4. The average molecular weight is 432 g/mol. The topological polar surface area (TPSA) is 95.9 Å². The zero-order valence-corrected chi connectivity index (χ0v) is 18.5. The van der Waals surface area contributed by atoms with Gasteiger partial charge in [-0.1, -0.05) is 25.6 Å². The van der Waals surface area contributed by atoms with Crippen LogP contribution in [0.25, 0.3) is 16.0 Å². The predicted octanol–water partition coefficient (Wildman–Crippen LogP) is 4.26. The Hall–Kier alpha value is -2.13. The van der Waals surface area contributed by atoms with Gasteiger partial charge in [0.25, 0.3) is 0 Å². The molecule has 2 N–H and O–H groups in total. The molecule has 1 aliphatic rings. The number of ether oxygens (including phenoxy) is 1. The zero-order chi connectivity index (χ0) is 20.5. The average Bonchev–Trinajstić information content (AvgIpc) is 3.26. The zero-order valence-electron chi connectivity index (χ0n) is 16.9. The highest BCUT2D eigenvalue weighted by Gasteiger charge is 2.27. The van der Waals surface area contributed by atoms with Crippen LogP contribution in [-0.4, -0.2) is 38.1 Å². The van der Waals surface area contributed by atoms with E-state index in [0.29, 0.717) is 16.9 Å². The van der Waals surface area contributed by atoms with Crippen LogP contribution in [0.3, 0.4) is 0 Å². The summed E-state index contributed by atoms with van der Waals surface area (Å²) in [7, 11) is 0. The third kappa shape index (κ3) is 3.73. The first-order valence-electron chi connectivity index (χ1n) is 9.99. The van der Waals surface area contributed by atoms with Gasteiger partial charge in [0.1, 0.15) is 16.2 Å². The number of rotatable bonds is 6. The maximum absolute atomic E-state index is 12.2. The number of nitrogen functional groups attached to an aromatic ring is 1. The van der Waals surface area contributed by atoms with Gasteiger partial charge in [-0.15, -0.1) is 11.3 Å². The molecular weight excluding hydrogens is 406 g/mol. The quantitative estimate of drug-likeness (QED) is 0.354. The summed E-state index contributed by atoms with van der Waals surface area (Å²) in [6.45, 7) is 6.46. The van der Waals surface area contributed by atoms with Crippen molar-refractivity contribution < 1.29 is 9.53 Å². The molecule has 0 bridgehead atoms. The second kappa shape index (κ2) is 8.31. The fourth-order valence-corrected chi connectivity index (χ4v) is 5.58. The summed E-state index contributed by atoms with van der Waals surface area (Å²) in [6, 6.07) is 0. The molecule has 0 fully saturated rings. The molecule has 7 nitrogen and oxygen atoms in total. The summed E-state index contributed by atoms with van der Waals surface area (Å²) in [4.78, 5) is 24.2. The van der Waals surface area contributed by atoms with Gasteiger partial charge in [-0.05, 0) is 44.1 Å². The second-order valence-corrected chi connectivity index (χ2v) is 9.43. The molecule has 3 aromatic rings. The molecule has 9 heteroatoms. The Kier molecular flexibility index (Phi) is 5.78. The lowest BCUT2D eigenvalue weighted by Crippen LogP contribution is -2.12. The van der Waals surface area contributed by atoms with Crippen molar-refractivity contribution in [2.24, 2.45) is 5.92 Å². The summed E-state index contributed by atoms with van der Waals surface area (Å²) in [6.07, 6.45) is 5.76. The summed E-state index contributed by atoms with van der Waals surface area (Å²) in [5, 5.41) is 6.14. The molecule has 1 aliphatic carbocycles. The molecule has 0 unspecified atom stereocenters. The van der Waals surface area contributed by atoms with Gasteiger partial charge in [-0.3, -0.25) is 0 Å². The van der Waals surface area contributed by atoms with Crippen molar-refractivity contribution in [3.8, 4) is 5.82 Å². The van der Waals surface area contributed by atoms with Crippen molar-refractivity contribution in [2.45, 2.75) is 51.6 Å². The number of esters is 1. The maximum Gasteiger partial charge on any atom is 0.343 e. The molecule has 0 spiro atoms. The van der Waals surface area contributed by atoms with E-state index in [1.165, 1.54) is 23.1 Å². The van der Waals surface area contributed by atoms with Crippen LogP contribution in [0.1, 0.15) is 54.4 Å². The van der Waals surface area contributed by atoms with E-state index in [4.69, 9.17) is 20.4 Å². The van der Waals surface area contributed by atoms with Crippen LogP contribution < -0.4 is 5.73 Å². The molecule has 3 heterocycles. The van der Waals surface area contributed by atoms with E-state index in [1.807, 2.05) is 0 Å². The summed E-state index contributed by atoms with van der Waals surface area (Å²) < 4.78 is 6.67. The van der Waals surface area contributed by atoms with Crippen LogP contribution >= 0.6 is 23.1 Å². The number of aryl methyl sites for hydroxylation is 1. The number of hydrogen-bond donors (Lipinski definition) is 1. The van der Waals surface area contributed by atoms with Gasteiger partial charge in [-0.2, -0.15) is 9.78 Å². The van der Waals surface area contributed by atoms with Crippen molar-refractivity contribution >= 4 is 45.1 Å². The number of carbonyl (C=O) groups is 1. The van der Waals surface area contributed by atoms with Crippen molar-refractivity contribution in [2.75, 3.05) is 18.1 Å². The Balaban J connectivity index is 1.90. The first-order valence-corrected chi connectivity index (χ1v) is 11.8. The standard InChI is InChI=1S/C20H25N5O2S2/c1-4-8-28-20-23-17(25-16(21)13(10-22-25)19(26)27-5-2)15-12-9-11(3)6-7-14(12)29-18(15)24-20/h10-11H,4-9,21H2,1-3H3/t11-/m1/s1. The third-order valence-electron chi connectivity index (χ3n) is 5.05. The van der Waals surface area contributed by atoms with Crippen LogP contribution in [0.2, 0.25) is 0 Å². The maximum atomic E-state index is 12.2. The third-order valence-corrected chi connectivity index (χ3v) is 7.29. The van der Waals surface area contributed by atoms with E-state index >= 15 is 0 Å². The van der Waals surface area contributed by atoms with Gasteiger partial charge < -0.3 is 10.5 Å². The van der Waals surface area contributed by atoms with E-state index in [2.05, 4.69) is 18.9 Å². The minimum atomic E-state index is -0.469. The van der Waals surface area contributed by atoms with Gasteiger partial charge >= 0.3 is 5.97 Å². The number of thiophene rings is 1. The van der Waals surface area contributed by atoms with Gasteiger partial charge in [0.15, 0.2) is 11.0 Å². The first-order chi connectivity index (χ1) is 14.0. The molecule has 0 aromatic carbocycles. The Morgan fingerprint density at radius 1 is 1.41 bits per heavy atom. The lowest BCUT2D eigenvalue weighted by atomic mass is 9.88. The Morgan fingerprint density at radius 3 is 3.00 bits per heavy atom. The van der Waals surface area contributed by atoms with Gasteiger partial charge in [0.05, 0.1) is 18.2 Å². The highest BCUT2D eigenvalue weighted by atomic mass is 32.2. The monoisotopic (exact) mass is 431 g/mol. The number of thioether (sulfide) groups is 1. The van der Waals surface area contributed by atoms with Crippen LogP contribution in [0.15, 0.2) is 11.4 Å². The Labute approximate surface area is 178 Å². The van der Waals surface area contributed by atoms with E-state index in [9.17, 15) is 4.79 Å². The van der Waals surface area contributed by atoms with Crippen LogP contribution in [-0.2, 0) is 17.6 Å². The second-order valence-electron chi connectivity index (χ2n) is 7.29. The fraction of sp³-hybridized carbons (Fsp3) is 0.500. The van der Waals surface area contributed by atoms with Crippen LogP contribution in [0.5, 0.6) is 0 Å². The molecule has 4 rings (SSSR count). The molecule has 0 saturated heterocycles. The van der Waals surface area contributed by atoms with E-state index in [-0.39, 0.29) is 18.0 Å². The van der Waals surface area contributed by atoms with Crippen molar-refractivity contribution in [1.82, 2.24) is 19.7 Å². The normalized spacial score (nSPS) is 16.2. The molecule has 0 amide bonds. The minimum absolute atomic E-state index is 0.249. The number of fused-ring (bicyclic) bond motifs is 3. The number of nitrogens with two attached hydrogens (primary N) is 1. The number of carbonyl (C=O) groups excluding carboxylic acids is 1. The van der Waals surface area contributed by atoms with Crippen LogP contribution in [0, 0.1) is 5.92 Å². The molecular formula is C20H25N5O2S2. The summed E-state index contributed by atoms with van der Waals surface area (Å²) in [5.41, 5.74) is 7.88. The smallest absolute Gasteiger partial charge is 0.343 e. The number of anilines is 1. The molecule has 29 heavy (non-hydrogen) atoms. The van der Waals surface area contributed by atoms with Crippen molar-refractivity contribution in [3.63, 3.8) is 0 Å². The van der Waals surface area contributed by atoms with E-state index < -0.39 is 5.97 Å².